The Bertz CT molecular complexity index is 412. The van der Waals surface area contributed by atoms with Crippen molar-refractivity contribution >= 4 is 17.5 Å². The van der Waals surface area contributed by atoms with Crippen LogP contribution >= 0.6 is 11.6 Å². The molecule has 0 radical (unpaired) electrons. The maximum absolute atomic E-state index is 12.2. The number of pyridine rings is 1. The summed E-state index contributed by atoms with van der Waals surface area (Å²) in [6.45, 7) is 4.00. The molecule has 1 rings (SSSR count). The Morgan fingerprint density at radius 2 is 2.33 bits per heavy atom. The Balaban J connectivity index is 2.87. The van der Waals surface area contributed by atoms with E-state index in [4.69, 9.17) is 16.3 Å². The number of nitrogens with zero attached hydrogens (tertiary/aromatic N) is 1. The fourth-order valence-electron chi connectivity index (χ4n) is 1.60. The summed E-state index contributed by atoms with van der Waals surface area (Å²) in [5.74, 6) is 0.656. The number of hydrogen-bond donors (Lipinski definition) is 1. The number of nitrogens with one attached hydrogen (secondary N) is 1. The van der Waals surface area contributed by atoms with Crippen LogP contribution in [0.3, 0.4) is 0 Å². The summed E-state index contributed by atoms with van der Waals surface area (Å²) in [6, 6.07) is 3.40. The van der Waals surface area contributed by atoms with Gasteiger partial charge in [0.2, 0.25) is 5.88 Å². The molecule has 0 fully saturated rings. The number of hydrogen-bond acceptors (Lipinski definition) is 3. The van der Waals surface area contributed by atoms with Gasteiger partial charge in [0.05, 0.1) is 7.11 Å². The summed E-state index contributed by atoms with van der Waals surface area (Å²) >= 11 is 5.76. The molecule has 0 aromatic carbocycles. The zero-order valence-electron chi connectivity index (χ0n) is 11.0. The van der Waals surface area contributed by atoms with Gasteiger partial charge in [-0.1, -0.05) is 6.92 Å². The maximum Gasteiger partial charge on any atom is 0.257 e. The SMILES string of the molecule is CCC(C)(CCCl)NC(=O)c1cccnc1OC. The molecule has 100 valence electrons. The normalized spacial score (nSPS) is 13.8. The van der Waals surface area contributed by atoms with Crippen LogP contribution in [0.4, 0.5) is 0 Å². The van der Waals surface area contributed by atoms with E-state index < -0.39 is 0 Å². The third kappa shape index (κ3) is 3.60. The number of carbonyl (C=O) groups is 1. The summed E-state index contributed by atoms with van der Waals surface area (Å²) in [7, 11) is 1.50. The molecule has 0 aliphatic carbocycles. The number of amides is 1. The molecule has 1 amide bonds. The summed E-state index contributed by atoms with van der Waals surface area (Å²) < 4.78 is 5.08. The second kappa shape index (κ2) is 6.59. The molecule has 5 heteroatoms. The monoisotopic (exact) mass is 270 g/mol. The van der Waals surface area contributed by atoms with Gasteiger partial charge in [0, 0.05) is 17.6 Å². The van der Waals surface area contributed by atoms with Crippen molar-refractivity contribution in [2.24, 2.45) is 0 Å². The van der Waals surface area contributed by atoms with Crippen molar-refractivity contribution < 1.29 is 9.53 Å². The third-order valence-electron chi connectivity index (χ3n) is 3.05. The number of aromatic nitrogens is 1. The van der Waals surface area contributed by atoms with Crippen molar-refractivity contribution in [2.75, 3.05) is 13.0 Å². The van der Waals surface area contributed by atoms with E-state index in [0.717, 1.165) is 12.8 Å². The van der Waals surface area contributed by atoms with Gasteiger partial charge in [-0.2, -0.15) is 0 Å². The first-order chi connectivity index (χ1) is 8.56. The van der Waals surface area contributed by atoms with Crippen molar-refractivity contribution in [1.29, 1.82) is 0 Å². The predicted molar refractivity (Wildman–Crippen MR) is 72.3 cm³/mol. The lowest BCUT2D eigenvalue weighted by Gasteiger charge is -2.29. The van der Waals surface area contributed by atoms with Gasteiger partial charge in [0.1, 0.15) is 5.56 Å². The number of ether oxygens (including phenoxy) is 1. The van der Waals surface area contributed by atoms with Gasteiger partial charge >= 0.3 is 0 Å². The van der Waals surface area contributed by atoms with Crippen LogP contribution < -0.4 is 10.1 Å². The summed E-state index contributed by atoms with van der Waals surface area (Å²) in [6.07, 6.45) is 3.13. The Labute approximate surface area is 113 Å². The van der Waals surface area contributed by atoms with E-state index in [1.807, 2.05) is 13.8 Å². The second-order valence-corrected chi connectivity index (χ2v) is 4.75. The van der Waals surface area contributed by atoms with E-state index in [1.165, 1.54) is 7.11 Å². The molecule has 1 aromatic rings. The van der Waals surface area contributed by atoms with Gasteiger partial charge in [-0.3, -0.25) is 4.79 Å². The minimum absolute atomic E-state index is 0.186. The Morgan fingerprint density at radius 3 is 2.89 bits per heavy atom. The van der Waals surface area contributed by atoms with Crippen molar-refractivity contribution in [1.82, 2.24) is 10.3 Å². The lowest BCUT2D eigenvalue weighted by atomic mass is 9.95. The highest BCUT2D eigenvalue weighted by Gasteiger charge is 2.25. The highest BCUT2D eigenvalue weighted by Crippen LogP contribution is 2.19. The minimum atomic E-state index is -0.306. The molecule has 0 saturated carbocycles. The second-order valence-electron chi connectivity index (χ2n) is 4.37. The minimum Gasteiger partial charge on any atom is -0.480 e. The molecule has 1 N–H and O–H groups in total. The van der Waals surface area contributed by atoms with Gasteiger partial charge in [0.15, 0.2) is 0 Å². The molecule has 1 unspecified atom stereocenters. The quantitative estimate of drug-likeness (QED) is 0.809. The van der Waals surface area contributed by atoms with Crippen LogP contribution in [0.5, 0.6) is 5.88 Å². The number of alkyl halides is 1. The Hall–Kier alpha value is -1.29. The summed E-state index contributed by atoms with van der Waals surface area (Å²) in [5, 5.41) is 2.99. The number of halogens is 1. The van der Waals surface area contributed by atoms with E-state index >= 15 is 0 Å². The van der Waals surface area contributed by atoms with Crippen LogP contribution in [-0.4, -0.2) is 29.4 Å². The van der Waals surface area contributed by atoms with Crippen LogP contribution in [-0.2, 0) is 0 Å². The largest absolute Gasteiger partial charge is 0.480 e. The van der Waals surface area contributed by atoms with E-state index in [1.54, 1.807) is 18.3 Å². The molecule has 0 aliphatic rings. The number of methoxy groups -OCH3 is 1. The zero-order valence-corrected chi connectivity index (χ0v) is 11.8. The van der Waals surface area contributed by atoms with Gasteiger partial charge in [0.25, 0.3) is 5.91 Å². The maximum atomic E-state index is 12.2. The van der Waals surface area contributed by atoms with Crippen molar-refractivity contribution in [3.63, 3.8) is 0 Å². The van der Waals surface area contributed by atoms with E-state index in [9.17, 15) is 4.79 Å². The number of carbonyl (C=O) groups excluding carboxylic acids is 1. The Morgan fingerprint density at radius 1 is 1.61 bits per heavy atom. The zero-order chi connectivity index (χ0) is 13.6. The number of rotatable bonds is 6. The van der Waals surface area contributed by atoms with Crippen LogP contribution in [0.15, 0.2) is 18.3 Å². The van der Waals surface area contributed by atoms with Crippen LogP contribution in [0.2, 0.25) is 0 Å². The summed E-state index contributed by atoms with van der Waals surface area (Å²) in [5.41, 5.74) is 0.133. The lowest BCUT2D eigenvalue weighted by Crippen LogP contribution is -2.46. The summed E-state index contributed by atoms with van der Waals surface area (Å²) in [4.78, 5) is 16.2. The van der Waals surface area contributed by atoms with Crippen molar-refractivity contribution in [2.45, 2.75) is 32.2 Å². The molecule has 1 atom stereocenters. The average Bonchev–Trinajstić information content (AvgIpc) is 2.38. The average molecular weight is 271 g/mol. The van der Waals surface area contributed by atoms with Gasteiger partial charge in [-0.05, 0) is 31.9 Å². The fourth-order valence-corrected chi connectivity index (χ4v) is 2.02. The van der Waals surface area contributed by atoms with E-state index in [0.29, 0.717) is 17.3 Å². The molecular weight excluding hydrogens is 252 g/mol. The van der Waals surface area contributed by atoms with Crippen molar-refractivity contribution in [3.8, 4) is 5.88 Å². The highest BCUT2D eigenvalue weighted by atomic mass is 35.5. The molecule has 4 nitrogen and oxygen atoms in total. The van der Waals surface area contributed by atoms with Gasteiger partial charge < -0.3 is 10.1 Å². The lowest BCUT2D eigenvalue weighted by molar-refractivity contribution is 0.0897. The molecule has 0 saturated heterocycles. The molecule has 0 spiro atoms. The van der Waals surface area contributed by atoms with E-state index in [2.05, 4.69) is 10.3 Å². The topological polar surface area (TPSA) is 51.2 Å². The molecule has 1 heterocycles. The first-order valence-electron chi connectivity index (χ1n) is 5.94. The molecule has 0 bridgehead atoms. The first kappa shape index (κ1) is 14.8. The van der Waals surface area contributed by atoms with Crippen LogP contribution in [0.1, 0.15) is 37.0 Å². The third-order valence-corrected chi connectivity index (χ3v) is 3.24. The highest BCUT2D eigenvalue weighted by molar-refractivity contribution is 6.17. The predicted octanol–water partition coefficient (Wildman–Crippen LogP) is 2.62. The van der Waals surface area contributed by atoms with Gasteiger partial charge in [-0.25, -0.2) is 4.98 Å². The molecule has 0 aliphatic heterocycles. The van der Waals surface area contributed by atoms with E-state index in [-0.39, 0.29) is 11.4 Å². The van der Waals surface area contributed by atoms with Crippen LogP contribution in [0.25, 0.3) is 0 Å². The van der Waals surface area contributed by atoms with Crippen molar-refractivity contribution in [3.05, 3.63) is 23.9 Å². The molecule has 1 aromatic heterocycles. The molecular formula is C13H19ClN2O2. The smallest absolute Gasteiger partial charge is 0.257 e. The molecule has 18 heavy (non-hydrogen) atoms. The first-order valence-corrected chi connectivity index (χ1v) is 6.47. The Kier molecular flexibility index (Phi) is 5.41. The van der Waals surface area contributed by atoms with Gasteiger partial charge in [-0.15, -0.1) is 11.6 Å². The standard InChI is InChI=1S/C13H19ClN2O2/c1-4-13(2,7-8-14)16-11(17)10-6-5-9-15-12(10)18-3/h5-6,9H,4,7-8H2,1-3H3,(H,16,17). The fraction of sp³-hybridized carbons (Fsp3) is 0.538. The van der Waals surface area contributed by atoms with Crippen LogP contribution in [0, 0.1) is 0 Å².